The van der Waals surface area contributed by atoms with Crippen LogP contribution in [0.3, 0.4) is 0 Å². The first-order chi connectivity index (χ1) is 9.54. The van der Waals surface area contributed by atoms with Gasteiger partial charge in [0.2, 0.25) is 0 Å². The lowest BCUT2D eigenvalue weighted by Gasteiger charge is -2.28. The molecule has 1 aromatic rings. The number of carbonyl (C=O) groups is 2. The van der Waals surface area contributed by atoms with E-state index in [0.717, 1.165) is 0 Å². The zero-order valence-corrected chi connectivity index (χ0v) is 11.2. The van der Waals surface area contributed by atoms with Crippen molar-refractivity contribution in [2.24, 2.45) is 0 Å². The van der Waals surface area contributed by atoms with Crippen molar-refractivity contribution in [3.8, 4) is 0 Å². The van der Waals surface area contributed by atoms with E-state index in [2.05, 4.69) is 10.6 Å². The number of esters is 1. The molecule has 1 heterocycles. The second-order valence-corrected chi connectivity index (χ2v) is 4.31. The Hall–Kier alpha value is -2.37. The quantitative estimate of drug-likeness (QED) is 0.831. The van der Waals surface area contributed by atoms with Crippen molar-refractivity contribution in [3.63, 3.8) is 0 Å². The lowest BCUT2D eigenvalue weighted by atomic mass is 9.95. The molecule has 2 N–H and O–H groups in total. The van der Waals surface area contributed by atoms with Gasteiger partial charge in [0.15, 0.2) is 0 Å². The van der Waals surface area contributed by atoms with Gasteiger partial charge in [-0.2, -0.15) is 0 Å². The van der Waals surface area contributed by atoms with E-state index in [9.17, 15) is 14.0 Å². The van der Waals surface area contributed by atoms with Gasteiger partial charge in [0, 0.05) is 11.3 Å². The number of urea groups is 1. The van der Waals surface area contributed by atoms with Gasteiger partial charge < -0.3 is 15.4 Å². The van der Waals surface area contributed by atoms with Crippen molar-refractivity contribution in [2.75, 3.05) is 6.61 Å². The molecule has 0 aromatic heterocycles. The molecule has 0 aliphatic carbocycles. The van der Waals surface area contributed by atoms with E-state index < -0.39 is 23.9 Å². The Morgan fingerprint density at radius 1 is 1.40 bits per heavy atom. The number of rotatable bonds is 3. The summed E-state index contributed by atoms with van der Waals surface area (Å²) in [5.41, 5.74) is 0.793. The molecule has 0 saturated heterocycles. The van der Waals surface area contributed by atoms with Gasteiger partial charge in [0.1, 0.15) is 5.82 Å². The topological polar surface area (TPSA) is 67.4 Å². The summed E-state index contributed by atoms with van der Waals surface area (Å²) >= 11 is 0. The first-order valence-electron chi connectivity index (χ1n) is 6.24. The van der Waals surface area contributed by atoms with Crippen molar-refractivity contribution in [1.82, 2.24) is 10.6 Å². The van der Waals surface area contributed by atoms with Gasteiger partial charge in [0.25, 0.3) is 0 Å². The fraction of sp³-hybridized carbons (Fsp3) is 0.286. The van der Waals surface area contributed by atoms with E-state index in [1.54, 1.807) is 26.0 Å². The molecule has 5 nitrogen and oxygen atoms in total. The van der Waals surface area contributed by atoms with E-state index in [1.807, 2.05) is 0 Å². The average molecular weight is 278 g/mol. The van der Waals surface area contributed by atoms with Crippen LogP contribution in [0, 0.1) is 5.82 Å². The average Bonchev–Trinajstić information content (AvgIpc) is 2.38. The lowest BCUT2D eigenvalue weighted by Crippen LogP contribution is -2.45. The molecule has 0 bridgehead atoms. The molecule has 0 saturated carbocycles. The van der Waals surface area contributed by atoms with Crippen molar-refractivity contribution in [1.29, 1.82) is 0 Å². The molecule has 0 unspecified atom stereocenters. The summed E-state index contributed by atoms with van der Waals surface area (Å²) < 4.78 is 18.9. The molecular weight excluding hydrogens is 263 g/mol. The van der Waals surface area contributed by atoms with Crippen molar-refractivity contribution in [2.45, 2.75) is 19.9 Å². The molecule has 1 atom stereocenters. The summed E-state index contributed by atoms with van der Waals surface area (Å²) in [7, 11) is 0. The minimum atomic E-state index is -0.857. The highest BCUT2D eigenvalue weighted by Gasteiger charge is 2.33. The third kappa shape index (κ3) is 2.64. The molecule has 1 aliphatic heterocycles. The second kappa shape index (κ2) is 5.73. The molecule has 1 aromatic carbocycles. The van der Waals surface area contributed by atoms with Crippen molar-refractivity contribution in [3.05, 3.63) is 46.9 Å². The molecule has 0 radical (unpaired) electrons. The number of amides is 2. The van der Waals surface area contributed by atoms with Gasteiger partial charge in [-0.1, -0.05) is 18.2 Å². The maximum absolute atomic E-state index is 13.9. The van der Waals surface area contributed by atoms with E-state index in [-0.39, 0.29) is 17.7 Å². The summed E-state index contributed by atoms with van der Waals surface area (Å²) in [6, 6.07) is 4.65. The maximum atomic E-state index is 13.9. The van der Waals surface area contributed by atoms with Gasteiger partial charge in [-0.05, 0) is 19.9 Å². The first-order valence-corrected chi connectivity index (χ1v) is 6.24. The highest BCUT2D eigenvalue weighted by molar-refractivity contribution is 5.95. The number of nitrogens with one attached hydrogen (secondary N) is 2. The summed E-state index contributed by atoms with van der Waals surface area (Å²) in [6.45, 7) is 3.47. The number of benzene rings is 1. The van der Waals surface area contributed by atoms with Crippen LogP contribution in [0.25, 0.3) is 0 Å². The monoisotopic (exact) mass is 278 g/mol. The van der Waals surface area contributed by atoms with Crippen LogP contribution in [0.1, 0.15) is 25.5 Å². The minimum absolute atomic E-state index is 0.202. The van der Waals surface area contributed by atoms with Crippen LogP contribution in [0.2, 0.25) is 0 Å². The third-order valence-corrected chi connectivity index (χ3v) is 2.98. The predicted octanol–water partition coefficient (Wildman–Crippen LogP) is 2.02. The molecule has 1 aliphatic rings. The Labute approximate surface area is 115 Å². The number of carbonyl (C=O) groups excluding carboxylic acids is 2. The van der Waals surface area contributed by atoms with Crippen LogP contribution in [0.5, 0.6) is 0 Å². The highest BCUT2D eigenvalue weighted by atomic mass is 19.1. The van der Waals surface area contributed by atoms with Crippen LogP contribution in [-0.2, 0) is 9.53 Å². The van der Waals surface area contributed by atoms with Gasteiger partial charge in [-0.25, -0.2) is 14.0 Å². The number of ether oxygens (including phenoxy) is 1. The van der Waals surface area contributed by atoms with E-state index in [1.165, 1.54) is 12.1 Å². The van der Waals surface area contributed by atoms with Crippen LogP contribution in [0.4, 0.5) is 9.18 Å². The van der Waals surface area contributed by atoms with E-state index in [4.69, 9.17) is 4.74 Å². The Bertz CT molecular complexity index is 584. The smallest absolute Gasteiger partial charge is 0.338 e. The molecular formula is C14H15FN2O3. The highest BCUT2D eigenvalue weighted by Crippen LogP contribution is 2.29. The number of hydrogen-bond acceptors (Lipinski definition) is 3. The number of allylic oxidation sites excluding steroid dienone is 1. The predicted molar refractivity (Wildman–Crippen MR) is 70.1 cm³/mol. The minimum Gasteiger partial charge on any atom is -0.463 e. The molecule has 20 heavy (non-hydrogen) atoms. The summed E-state index contributed by atoms with van der Waals surface area (Å²) in [4.78, 5) is 23.6. The third-order valence-electron chi connectivity index (χ3n) is 2.98. The summed E-state index contributed by atoms with van der Waals surface area (Å²) in [6.07, 6.45) is 0. The van der Waals surface area contributed by atoms with Gasteiger partial charge in [0.05, 0.1) is 18.2 Å². The van der Waals surface area contributed by atoms with Crippen LogP contribution < -0.4 is 10.6 Å². The molecule has 2 rings (SSSR count). The Balaban J connectivity index is 2.48. The van der Waals surface area contributed by atoms with E-state index >= 15 is 0 Å². The zero-order valence-electron chi connectivity index (χ0n) is 11.2. The van der Waals surface area contributed by atoms with Crippen molar-refractivity contribution >= 4 is 12.0 Å². The van der Waals surface area contributed by atoms with Gasteiger partial charge in [-0.3, -0.25) is 0 Å². The fourth-order valence-electron chi connectivity index (χ4n) is 2.12. The maximum Gasteiger partial charge on any atom is 0.338 e. The molecule has 106 valence electrons. The number of hydrogen-bond donors (Lipinski definition) is 2. The van der Waals surface area contributed by atoms with Gasteiger partial charge >= 0.3 is 12.0 Å². The standard InChI is InChI=1S/C14H15FN2O3/c1-3-20-13(18)11-8(2)16-14(19)17-12(11)9-6-4-5-7-10(9)15/h4-7,12H,3H2,1-2H3,(H2,16,17,19)/t12-/m0/s1. The Morgan fingerprint density at radius 2 is 2.10 bits per heavy atom. The Kier molecular flexibility index (Phi) is 4.02. The Morgan fingerprint density at radius 3 is 2.75 bits per heavy atom. The summed E-state index contributed by atoms with van der Waals surface area (Å²) in [5.74, 6) is -1.07. The lowest BCUT2D eigenvalue weighted by molar-refractivity contribution is -0.139. The summed E-state index contributed by atoms with van der Waals surface area (Å²) in [5, 5.41) is 5.04. The molecule has 0 fully saturated rings. The normalized spacial score (nSPS) is 18.4. The largest absolute Gasteiger partial charge is 0.463 e. The van der Waals surface area contributed by atoms with E-state index in [0.29, 0.717) is 5.70 Å². The van der Waals surface area contributed by atoms with Crippen LogP contribution >= 0.6 is 0 Å². The first kappa shape index (κ1) is 14.0. The van der Waals surface area contributed by atoms with Crippen LogP contribution in [-0.4, -0.2) is 18.6 Å². The molecule has 2 amide bonds. The fourth-order valence-corrected chi connectivity index (χ4v) is 2.12. The molecule has 6 heteroatoms. The zero-order chi connectivity index (χ0) is 14.7. The van der Waals surface area contributed by atoms with Crippen LogP contribution in [0.15, 0.2) is 35.5 Å². The second-order valence-electron chi connectivity index (χ2n) is 4.31. The SMILES string of the molecule is CCOC(=O)C1=C(C)NC(=O)N[C@H]1c1ccccc1F. The number of halogens is 1. The molecule has 0 spiro atoms. The van der Waals surface area contributed by atoms with Gasteiger partial charge in [-0.15, -0.1) is 0 Å². The van der Waals surface area contributed by atoms with Crippen molar-refractivity contribution < 1.29 is 18.7 Å².